The number of unbranched alkanes of at least 4 members (excludes halogenated alkanes) is 1. The number of rotatable bonds is 11. The highest BCUT2D eigenvalue weighted by atomic mass is 32.1. The smallest absolute Gasteiger partial charge is 0.348 e. The zero-order valence-corrected chi connectivity index (χ0v) is 23.4. The summed E-state index contributed by atoms with van der Waals surface area (Å²) in [5, 5.41) is 5.58. The summed E-state index contributed by atoms with van der Waals surface area (Å²) >= 11 is 1.81. The molecular formula is C24H28N2O10S2. The Kier molecular flexibility index (Phi) is 11.0. The predicted molar refractivity (Wildman–Crippen MR) is 139 cm³/mol. The average Bonchev–Trinajstić information content (AvgIpc) is 3.40. The first-order chi connectivity index (χ1) is 18.0. The van der Waals surface area contributed by atoms with Gasteiger partial charge in [0.05, 0.1) is 39.6 Å². The normalized spacial score (nSPS) is 10.4. The summed E-state index contributed by atoms with van der Waals surface area (Å²) < 4.78 is 19.0. The molecule has 0 aliphatic heterocycles. The summed E-state index contributed by atoms with van der Waals surface area (Å²) in [7, 11) is 4.80. The first kappa shape index (κ1) is 30.4. The molecule has 206 valence electrons. The minimum atomic E-state index is -0.702. The van der Waals surface area contributed by atoms with Gasteiger partial charge in [-0.15, -0.1) is 22.7 Å². The highest BCUT2D eigenvalue weighted by molar-refractivity contribution is 7.19. The van der Waals surface area contributed by atoms with Crippen molar-refractivity contribution in [3.05, 3.63) is 32.0 Å². The number of hydrogen-bond donors (Lipinski definition) is 2. The maximum Gasteiger partial charge on any atom is 0.348 e. The highest BCUT2D eigenvalue weighted by Crippen LogP contribution is 2.35. The molecule has 0 bridgehead atoms. The Morgan fingerprint density at radius 3 is 1.18 bits per heavy atom. The zero-order chi connectivity index (χ0) is 28.6. The molecule has 2 rings (SSSR count). The molecular weight excluding hydrogens is 540 g/mol. The third-order valence-corrected chi connectivity index (χ3v) is 7.75. The molecule has 0 spiro atoms. The minimum absolute atomic E-state index is 0.0381. The number of carbonyl (C=O) groups is 6. The van der Waals surface area contributed by atoms with Gasteiger partial charge in [0.25, 0.3) is 0 Å². The number of hydrogen-bond acceptors (Lipinski definition) is 12. The van der Waals surface area contributed by atoms with E-state index in [1.165, 1.54) is 28.4 Å². The van der Waals surface area contributed by atoms with Crippen LogP contribution in [0.2, 0.25) is 0 Å². The Morgan fingerprint density at radius 1 is 0.579 bits per heavy atom. The summed E-state index contributed by atoms with van der Waals surface area (Å²) in [6.07, 6.45) is 0.746. The van der Waals surface area contributed by atoms with Crippen LogP contribution >= 0.6 is 22.7 Å². The molecule has 0 aliphatic carbocycles. The van der Waals surface area contributed by atoms with E-state index in [9.17, 15) is 28.8 Å². The molecule has 2 aromatic rings. The molecule has 0 radical (unpaired) electrons. The van der Waals surface area contributed by atoms with E-state index in [1.54, 1.807) is 13.8 Å². The first-order valence-electron chi connectivity index (χ1n) is 11.2. The second kappa shape index (κ2) is 13.7. The number of anilines is 2. The monoisotopic (exact) mass is 568 g/mol. The van der Waals surface area contributed by atoms with Crippen LogP contribution in [0, 0.1) is 13.8 Å². The van der Waals surface area contributed by atoms with Crippen LogP contribution in [0.1, 0.15) is 76.9 Å². The molecule has 0 saturated carbocycles. The van der Waals surface area contributed by atoms with Crippen LogP contribution in [0.25, 0.3) is 0 Å². The van der Waals surface area contributed by atoms with Crippen molar-refractivity contribution < 1.29 is 47.7 Å². The van der Waals surface area contributed by atoms with Gasteiger partial charge in [-0.2, -0.15) is 0 Å². The topological polar surface area (TPSA) is 163 Å². The lowest BCUT2D eigenvalue weighted by molar-refractivity contribution is -0.118. The lowest BCUT2D eigenvalue weighted by atomic mass is 10.1. The summed E-state index contributed by atoms with van der Waals surface area (Å²) in [6, 6.07) is 0. The molecule has 0 fully saturated rings. The van der Waals surface area contributed by atoms with E-state index in [-0.39, 0.29) is 43.7 Å². The third-order valence-electron chi connectivity index (χ3n) is 5.38. The number of ether oxygens (including phenoxy) is 4. The number of nitrogens with one attached hydrogen (secondary N) is 2. The average molecular weight is 569 g/mol. The quantitative estimate of drug-likeness (QED) is 0.232. The first-order valence-corrected chi connectivity index (χ1v) is 12.8. The van der Waals surface area contributed by atoms with Crippen molar-refractivity contribution in [1.29, 1.82) is 0 Å². The summed E-state index contributed by atoms with van der Waals surface area (Å²) in [5.41, 5.74) is 0.825. The van der Waals surface area contributed by atoms with Gasteiger partial charge in [0.2, 0.25) is 11.8 Å². The van der Waals surface area contributed by atoms with E-state index in [4.69, 9.17) is 18.9 Å². The molecule has 14 heteroatoms. The lowest BCUT2D eigenvalue weighted by Crippen LogP contribution is -2.15. The molecule has 0 aromatic carbocycles. The van der Waals surface area contributed by atoms with E-state index in [0.29, 0.717) is 24.0 Å². The molecule has 2 heterocycles. The lowest BCUT2D eigenvalue weighted by Gasteiger charge is -2.07. The number of esters is 4. The summed E-state index contributed by atoms with van der Waals surface area (Å²) in [5.74, 6) is -3.52. The fourth-order valence-electron chi connectivity index (χ4n) is 3.42. The van der Waals surface area contributed by atoms with Gasteiger partial charge in [-0.05, 0) is 37.8 Å². The van der Waals surface area contributed by atoms with Crippen molar-refractivity contribution in [3.8, 4) is 0 Å². The summed E-state index contributed by atoms with van der Waals surface area (Å²) in [6.45, 7) is 3.11. The SMILES string of the molecule is COC(=O)c1sc(NC(=O)CCCCC(=O)Nc2sc(C(=O)OC)c(C)c2C(=O)OC)c(C(=O)OC)c1C. The van der Waals surface area contributed by atoms with Gasteiger partial charge in [0.1, 0.15) is 19.8 Å². The molecule has 0 saturated heterocycles. The Bertz CT molecular complexity index is 1170. The van der Waals surface area contributed by atoms with Crippen LogP contribution in [0.3, 0.4) is 0 Å². The molecule has 0 aliphatic rings. The van der Waals surface area contributed by atoms with E-state index in [2.05, 4.69) is 10.6 Å². The Hall–Kier alpha value is -3.78. The van der Waals surface area contributed by atoms with Gasteiger partial charge in [0, 0.05) is 12.8 Å². The van der Waals surface area contributed by atoms with Gasteiger partial charge >= 0.3 is 23.9 Å². The van der Waals surface area contributed by atoms with Crippen molar-refractivity contribution in [3.63, 3.8) is 0 Å². The van der Waals surface area contributed by atoms with Gasteiger partial charge in [-0.3, -0.25) is 9.59 Å². The largest absolute Gasteiger partial charge is 0.465 e. The molecule has 0 atom stereocenters. The Labute approximate surface area is 226 Å². The number of thiophene rings is 2. The number of carbonyl (C=O) groups excluding carboxylic acids is 6. The van der Waals surface area contributed by atoms with Gasteiger partial charge in [-0.1, -0.05) is 0 Å². The van der Waals surface area contributed by atoms with Gasteiger partial charge in [0.15, 0.2) is 0 Å². The van der Waals surface area contributed by atoms with Crippen molar-refractivity contribution in [2.75, 3.05) is 39.1 Å². The highest BCUT2D eigenvalue weighted by Gasteiger charge is 2.28. The molecule has 12 nitrogen and oxygen atoms in total. The number of amides is 2. The molecule has 0 unspecified atom stereocenters. The van der Waals surface area contributed by atoms with Gasteiger partial charge < -0.3 is 29.6 Å². The maximum atomic E-state index is 12.5. The fourth-order valence-corrected chi connectivity index (χ4v) is 5.68. The Balaban J connectivity index is 1.99. The van der Waals surface area contributed by atoms with Crippen LogP contribution in [0.15, 0.2) is 0 Å². The molecule has 2 aromatic heterocycles. The molecule has 2 N–H and O–H groups in total. The number of methoxy groups -OCH3 is 4. The fraction of sp³-hybridized carbons (Fsp3) is 0.417. The van der Waals surface area contributed by atoms with Crippen LogP contribution in [-0.2, 0) is 28.5 Å². The summed E-state index contributed by atoms with van der Waals surface area (Å²) in [4.78, 5) is 73.7. The van der Waals surface area contributed by atoms with Crippen molar-refractivity contribution in [1.82, 2.24) is 0 Å². The zero-order valence-electron chi connectivity index (χ0n) is 21.7. The van der Waals surface area contributed by atoms with E-state index in [1.807, 2.05) is 0 Å². The predicted octanol–water partition coefficient (Wildman–Crippen LogP) is 3.71. The molecule has 2 amide bonds. The van der Waals surface area contributed by atoms with E-state index >= 15 is 0 Å². The van der Waals surface area contributed by atoms with Crippen LogP contribution in [0.5, 0.6) is 0 Å². The van der Waals surface area contributed by atoms with Crippen molar-refractivity contribution in [2.45, 2.75) is 39.5 Å². The van der Waals surface area contributed by atoms with Crippen LogP contribution < -0.4 is 10.6 Å². The van der Waals surface area contributed by atoms with Crippen LogP contribution in [0.4, 0.5) is 10.0 Å². The van der Waals surface area contributed by atoms with Gasteiger partial charge in [-0.25, -0.2) is 19.2 Å². The second-order valence-electron chi connectivity index (χ2n) is 7.79. The second-order valence-corrected chi connectivity index (χ2v) is 9.83. The maximum absolute atomic E-state index is 12.5. The Morgan fingerprint density at radius 2 is 0.895 bits per heavy atom. The molecule has 38 heavy (non-hydrogen) atoms. The van der Waals surface area contributed by atoms with E-state index < -0.39 is 35.7 Å². The minimum Gasteiger partial charge on any atom is -0.465 e. The van der Waals surface area contributed by atoms with Crippen molar-refractivity contribution in [2.24, 2.45) is 0 Å². The van der Waals surface area contributed by atoms with E-state index in [0.717, 1.165) is 22.7 Å². The standard InChI is InChI=1S/C24H28N2O10S2/c1-11-15(21(29)33-3)19(37-17(11)23(31)35-5)25-13(27)9-7-8-10-14(28)26-20-16(22(30)34-4)12(2)18(38-20)24(32)36-6/h7-10H2,1-6H3,(H,25,27)(H,26,28). The van der Waals surface area contributed by atoms with Crippen LogP contribution in [-0.4, -0.2) is 64.1 Å². The third kappa shape index (κ3) is 6.95. The van der Waals surface area contributed by atoms with Crippen molar-refractivity contribution >= 4 is 68.4 Å².